The first-order valence-electron chi connectivity index (χ1n) is 9.75. The molecule has 2 aliphatic rings. The van der Waals surface area contributed by atoms with Crippen molar-refractivity contribution in [3.05, 3.63) is 24.3 Å². The Kier molecular flexibility index (Phi) is 6.25. The molecule has 26 heavy (non-hydrogen) atoms. The van der Waals surface area contributed by atoms with E-state index in [0.29, 0.717) is 17.1 Å². The molecule has 146 valence electrons. The summed E-state index contributed by atoms with van der Waals surface area (Å²) in [4.78, 5) is 5.23. The van der Waals surface area contributed by atoms with Crippen LogP contribution in [0.5, 0.6) is 0 Å². The maximum absolute atomic E-state index is 12.0. The molecular weight excluding hydrogens is 348 g/mol. The molecule has 0 amide bonds. The highest BCUT2D eigenvalue weighted by atomic mass is 32.2. The van der Waals surface area contributed by atoms with Crippen molar-refractivity contribution < 1.29 is 13.2 Å². The molecule has 0 spiro atoms. The van der Waals surface area contributed by atoms with Crippen molar-refractivity contribution in [1.82, 2.24) is 4.90 Å². The first-order valence-corrected chi connectivity index (χ1v) is 11.6. The smallest absolute Gasteiger partial charge is 0.177 e. The molecule has 2 heterocycles. The molecular formula is C20H32N2O3S. The number of hydrogen-bond donors (Lipinski definition) is 0. The van der Waals surface area contributed by atoms with Crippen molar-refractivity contribution in [2.75, 3.05) is 43.9 Å². The first kappa shape index (κ1) is 19.6. The highest BCUT2D eigenvalue weighted by molar-refractivity contribution is 7.90. The van der Waals surface area contributed by atoms with Crippen LogP contribution in [0.4, 0.5) is 5.69 Å². The molecule has 1 aromatic carbocycles. The third-order valence-electron chi connectivity index (χ3n) is 5.57. The standard InChI is InChI=1S/C20H32N2O3S/c1-16-14-21(15-17(2)25-16)11-8-18-9-12-22(13-10-18)19-6-4-5-7-20(19)26(3,23)24/h4-7,16-18H,8-15H2,1-3H3. The summed E-state index contributed by atoms with van der Waals surface area (Å²) >= 11 is 0. The molecule has 2 saturated heterocycles. The summed E-state index contributed by atoms with van der Waals surface area (Å²) in [6, 6.07) is 7.39. The molecule has 2 aliphatic heterocycles. The van der Waals surface area contributed by atoms with Gasteiger partial charge in [-0.3, -0.25) is 4.90 Å². The van der Waals surface area contributed by atoms with Crippen LogP contribution in [0.1, 0.15) is 33.1 Å². The summed E-state index contributed by atoms with van der Waals surface area (Å²) in [6.45, 7) is 9.39. The monoisotopic (exact) mass is 380 g/mol. The Morgan fingerprint density at radius 2 is 1.69 bits per heavy atom. The Bertz CT molecular complexity index is 689. The summed E-state index contributed by atoms with van der Waals surface area (Å²) in [6.07, 6.45) is 5.44. The van der Waals surface area contributed by atoms with Gasteiger partial charge in [-0.1, -0.05) is 12.1 Å². The Morgan fingerprint density at radius 3 is 2.31 bits per heavy atom. The van der Waals surface area contributed by atoms with Gasteiger partial charge in [0.15, 0.2) is 9.84 Å². The molecule has 1 aromatic rings. The van der Waals surface area contributed by atoms with Crippen molar-refractivity contribution in [2.24, 2.45) is 5.92 Å². The van der Waals surface area contributed by atoms with E-state index in [1.807, 2.05) is 12.1 Å². The van der Waals surface area contributed by atoms with Crippen LogP contribution in [-0.2, 0) is 14.6 Å². The van der Waals surface area contributed by atoms with Crippen LogP contribution in [0, 0.1) is 5.92 Å². The lowest BCUT2D eigenvalue weighted by Crippen LogP contribution is -2.46. The van der Waals surface area contributed by atoms with E-state index < -0.39 is 9.84 Å². The Labute approximate surface area is 158 Å². The molecule has 0 saturated carbocycles. The van der Waals surface area contributed by atoms with Gasteiger partial charge in [0.1, 0.15) is 0 Å². The Morgan fingerprint density at radius 1 is 1.08 bits per heavy atom. The predicted molar refractivity (Wildman–Crippen MR) is 106 cm³/mol. The summed E-state index contributed by atoms with van der Waals surface area (Å²) in [7, 11) is -3.19. The van der Waals surface area contributed by atoms with Gasteiger partial charge < -0.3 is 9.64 Å². The van der Waals surface area contributed by atoms with E-state index in [4.69, 9.17) is 4.74 Å². The van der Waals surface area contributed by atoms with Crippen LogP contribution < -0.4 is 4.90 Å². The van der Waals surface area contributed by atoms with Crippen molar-refractivity contribution >= 4 is 15.5 Å². The van der Waals surface area contributed by atoms with Gasteiger partial charge in [-0.2, -0.15) is 0 Å². The van der Waals surface area contributed by atoms with Gasteiger partial charge in [0.25, 0.3) is 0 Å². The minimum Gasteiger partial charge on any atom is -0.373 e. The van der Waals surface area contributed by atoms with E-state index in [2.05, 4.69) is 23.6 Å². The van der Waals surface area contributed by atoms with Crippen LogP contribution >= 0.6 is 0 Å². The number of rotatable bonds is 5. The fraction of sp³-hybridized carbons (Fsp3) is 0.700. The first-order chi connectivity index (χ1) is 12.3. The molecule has 6 heteroatoms. The molecule has 2 fully saturated rings. The van der Waals surface area contributed by atoms with E-state index in [-0.39, 0.29) is 0 Å². The second kappa shape index (κ2) is 8.28. The fourth-order valence-electron chi connectivity index (χ4n) is 4.33. The minimum atomic E-state index is -3.19. The Balaban J connectivity index is 1.52. The molecule has 2 unspecified atom stereocenters. The quantitative estimate of drug-likeness (QED) is 0.786. The molecule has 5 nitrogen and oxygen atoms in total. The number of nitrogens with zero attached hydrogens (tertiary/aromatic N) is 2. The van der Waals surface area contributed by atoms with Crippen LogP contribution in [-0.4, -0.2) is 64.5 Å². The molecule has 0 bridgehead atoms. The second-order valence-corrected chi connectivity index (χ2v) is 9.96. The predicted octanol–water partition coefficient (Wildman–Crippen LogP) is 2.81. The molecule has 2 atom stereocenters. The molecule has 0 aromatic heterocycles. The van der Waals surface area contributed by atoms with Gasteiger partial charge in [-0.05, 0) is 57.7 Å². The second-order valence-electron chi connectivity index (χ2n) is 7.98. The summed E-state index contributed by atoms with van der Waals surface area (Å²) < 4.78 is 29.9. The van der Waals surface area contributed by atoms with Crippen LogP contribution in [0.3, 0.4) is 0 Å². The maximum atomic E-state index is 12.0. The number of ether oxygens (including phenoxy) is 1. The molecule has 0 aliphatic carbocycles. The van der Waals surface area contributed by atoms with Gasteiger partial charge in [-0.15, -0.1) is 0 Å². The van der Waals surface area contributed by atoms with Crippen LogP contribution in [0.25, 0.3) is 0 Å². The average Bonchev–Trinajstić information content (AvgIpc) is 2.59. The molecule has 0 radical (unpaired) electrons. The molecule has 3 rings (SSSR count). The van der Waals surface area contributed by atoms with Gasteiger partial charge in [0.05, 0.1) is 22.8 Å². The maximum Gasteiger partial charge on any atom is 0.177 e. The van der Waals surface area contributed by atoms with Crippen molar-refractivity contribution in [1.29, 1.82) is 0 Å². The lowest BCUT2D eigenvalue weighted by molar-refractivity contribution is -0.0690. The lowest BCUT2D eigenvalue weighted by Gasteiger charge is -2.38. The Hall–Kier alpha value is -1.11. The zero-order valence-corrected chi connectivity index (χ0v) is 17.0. The highest BCUT2D eigenvalue weighted by Crippen LogP contribution is 2.30. The normalized spacial score (nSPS) is 26.2. The van der Waals surface area contributed by atoms with Crippen molar-refractivity contribution in [3.8, 4) is 0 Å². The number of benzene rings is 1. The largest absolute Gasteiger partial charge is 0.373 e. The number of morpholine rings is 1. The number of piperidine rings is 1. The van der Waals surface area contributed by atoms with E-state index in [0.717, 1.165) is 57.2 Å². The zero-order valence-electron chi connectivity index (χ0n) is 16.2. The zero-order chi connectivity index (χ0) is 18.7. The van der Waals surface area contributed by atoms with Gasteiger partial charge in [0, 0.05) is 32.4 Å². The van der Waals surface area contributed by atoms with Crippen LogP contribution in [0.15, 0.2) is 29.2 Å². The van der Waals surface area contributed by atoms with Gasteiger partial charge in [0.2, 0.25) is 0 Å². The highest BCUT2D eigenvalue weighted by Gasteiger charge is 2.26. The van der Waals surface area contributed by atoms with E-state index in [9.17, 15) is 8.42 Å². The summed E-state index contributed by atoms with van der Waals surface area (Å²) in [5.74, 6) is 0.727. The van der Waals surface area contributed by atoms with Crippen molar-refractivity contribution in [3.63, 3.8) is 0 Å². The third kappa shape index (κ3) is 4.99. The number of anilines is 1. The van der Waals surface area contributed by atoms with Gasteiger partial charge in [-0.25, -0.2) is 8.42 Å². The van der Waals surface area contributed by atoms with E-state index >= 15 is 0 Å². The van der Waals surface area contributed by atoms with Crippen LogP contribution in [0.2, 0.25) is 0 Å². The summed E-state index contributed by atoms with van der Waals surface area (Å²) in [5, 5.41) is 0. The average molecular weight is 381 g/mol. The van der Waals surface area contributed by atoms with E-state index in [1.165, 1.54) is 12.7 Å². The molecule has 0 N–H and O–H groups in total. The number of hydrogen-bond acceptors (Lipinski definition) is 5. The minimum absolute atomic E-state index is 0.327. The number of sulfone groups is 1. The fourth-order valence-corrected chi connectivity index (χ4v) is 5.23. The lowest BCUT2D eigenvalue weighted by atomic mass is 9.93. The topological polar surface area (TPSA) is 49.9 Å². The summed E-state index contributed by atoms with van der Waals surface area (Å²) in [5.41, 5.74) is 0.865. The third-order valence-corrected chi connectivity index (χ3v) is 6.71. The van der Waals surface area contributed by atoms with Gasteiger partial charge >= 0.3 is 0 Å². The van der Waals surface area contributed by atoms with E-state index in [1.54, 1.807) is 12.1 Å². The van der Waals surface area contributed by atoms with Crippen molar-refractivity contribution in [2.45, 2.75) is 50.2 Å². The SMILES string of the molecule is CC1CN(CCC2CCN(c3ccccc3S(C)(=O)=O)CC2)CC(C)O1. The number of para-hydroxylation sites is 1.